The summed E-state index contributed by atoms with van der Waals surface area (Å²) in [6.07, 6.45) is 2.25. The molecule has 102 valence electrons. The Hall–Kier alpha value is -0.980. The number of ether oxygens (including phenoxy) is 2. The van der Waals surface area contributed by atoms with Crippen molar-refractivity contribution in [1.29, 1.82) is 0 Å². The minimum Gasteiger partial charge on any atom is -0.377 e. The molecule has 1 saturated heterocycles. The van der Waals surface area contributed by atoms with Crippen LogP contribution in [0.3, 0.4) is 0 Å². The lowest BCUT2D eigenvalue weighted by molar-refractivity contribution is 0.0355. The highest BCUT2D eigenvalue weighted by Crippen LogP contribution is 2.31. The summed E-state index contributed by atoms with van der Waals surface area (Å²) in [5.41, 5.74) is 5.93. The van der Waals surface area contributed by atoms with Crippen molar-refractivity contribution in [3.8, 4) is 0 Å². The van der Waals surface area contributed by atoms with Crippen molar-refractivity contribution in [3.63, 3.8) is 0 Å². The van der Waals surface area contributed by atoms with Gasteiger partial charge in [0.1, 0.15) is 6.10 Å². The molecule has 18 heavy (non-hydrogen) atoms. The van der Waals surface area contributed by atoms with E-state index in [0.29, 0.717) is 18.3 Å². The molecular formula is C12H21N3O3. The predicted octanol–water partition coefficient (Wildman–Crippen LogP) is 1.73. The Bertz CT molecular complexity index is 380. The summed E-state index contributed by atoms with van der Waals surface area (Å²) in [6, 6.07) is -0.358. The maximum Gasteiger partial charge on any atom is 0.255 e. The molecule has 0 saturated carbocycles. The lowest BCUT2D eigenvalue weighted by atomic mass is 10.2. The normalized spacial score (nSPS) is 25.8. The van der Waals surface area contributed by atoms with Crippen LogP contribution in [0.1, 0.15) is 57.5 Å². The van der Waals surface area contributed by atoms with E-state index in [4.69, 9.17) is 19.7 Å². The van der Waals surface area contributed by atoms with Crippen molar-refractivity contribution >= 4 is 0 Å². The quantitative estimate of drug-likeness (QED) is 0.862. The van der Waals surface area contributed by atoms with Crippen LogP contribution in [0.2, 0.25) is 0 Å². The van der Waals surface area contributed by atoms with Gasteiger partial charge in [-0.3, -0.25) is 0 Å². The third kappa shape index (κ3) is 3.28. The van der Waals surface area contributed by atoms with Crippen LogP contribution in [-0.2, 0) is 9.47 Å². The summed E-state index contributed by atoms with van der Waals surface area (Å²) in [5.74, 6) is 1.00. The van der Waals surface area contributed by atoms with Crippen molar-refractivity contribution in [2.24, 2.45) is 5.73 Å². The lowest BCUT2D eigenvalue weighted by Crippen LogP contribution is -2.20. The molecule has 0 aliphatic carbocycles. The van der Waals surface area contributed by atoms with Crippen LogP contribution in [0.5, 0.6) is 0 Å². The first-order chi connectivity index (χ1) is 8.56. The highest BCUT2D eigenvalue weighted by molar-refractivity contribution is 4.97. The smallest absolute Gasteiger partial charge is 0.255 e. The van der Waals surface area contributed by atoms with E-state index in [9.17, 15) is 0 Å². The Morgan fingerprint density at radius 1 is 1.44 bits per heavy atom. The summed E-state index contributed by atoms with van der Waals surface area (Å²) < 4.78 is 16.3. The standard InChI is InChI=1S/C12H21N3O3/c1-7(2)16-6-9(13)11-14-12(18-15-11)10-5-4-8(3)17-10/h7-10H,4-6,13H2,1-3H3. The van der Waals surface area contributed by atoms with Crippen molar-refractivity contribution in [1.82, 2.24) is 10.1 Å². The maximum atomic E-state index is 5.93. The van der Waals surface area contributed by atoms with Gasteiger partial charge in [-0.05, 0) is 33.6 Å². The summed E-state index contributed by atoms with van der Waals surface area (Å²) in [4.78, 5) is 4.30. The van der Waals surface area contributed by atoms with Gasteiger partial charge in [0.25, 0.3) is 5.89 Å². The molecule has 0 aromatic carbocycles. The molecule has 0 amide bonds. The van der Waals surface area contributed by atoms with Crippen LogP contribution in [-0.4, -0.2) is 29.0 Å². The number of hydrogen-bond donors (Lipinski definition) is 1. The molecule has 0 radical (unpaired) electrons. The maximum absolute atomic E-state index is 5.93. The fourth-order valence-corrected chi connectivity index (χ4v) is 1.88. The summed E-state index contributed by atoms with van der Waals surface area (Å²) in [5, 5.41) is 3.89. The van der Waals surface area contributed by atoms with Crippen LogP contribution in [0, 0.1) is 0 Å². The van der Waals surface area contributed by atoms with Crippen LogP contribution in [0.25, 0.3) is 0 Å². The number of rotatable bonds is 5. The van der Waals surface area contributed by atoms with Gasteiger partial charge in [0.2, 0.25) is 0 Å². The van der Waals surface area contributed by atoms with Crippen molar-refractivity contribution in [2.75, 3.05) is 6.61 Å². The molecule has 1 fully saturated rings. The monoisotopic (exact) mass is 255 g/mol. The first-order valence-corrected chi connectivity index (χ1v) is 6.42. The van der Waals surface area contributed by atoms with E-state index in [-0.39, 0.29) is 24.4 Å². The highest BCUT2D eigenvalue weighted by atomic mass is 16.5. The summed E-state index contributed by atoms with van der Waals surface area (Å²) >= 11 is 0. The Morgan fingerprint density at radius 3 is 2.83 bits per heavy atom. The molecule has 2 rings (SSSR count). The highest BCUT2D eigenvalue weighted by Gasteiger charge is 2.29. The zero-order valence-electron chi connectivity index (χ0n) is 11.1. The molecule has 6 nitrogen and oxygen atoms in total. The first kappa shape index (κ1) is 13.5. The zero-order valence-corrected chi connectivity index (χ0v) is 11.1. The van der Waals surface area contributed by atoms with Crippen LogP contribution in [0.15, 0.2) is 4.52 Å². The van der Waals surface area contributed by atoms with Crippen molar-refractivity contribution in [2.45, 2.75) is 58.0 Å². The van der Waals surface area contributed by atoms with Gasteiger partial charge in [0.05, 0.1) is 24.9 Å². The molecule has 1 aliphatic heterocycles. The second kappa shape index (κ2) is 5.77. The fourth-order valence-electron chi connectivity index (χ4n) is 1.88. The molecule has 2 N–H and O–H groups in total. The van der Waals surface area contributed by atoms with E-state index in [0.717, 1.165) is 12.8 Å². The van der Waals surface area contributed by atoms with Gasteiger partial charge < -0.3 is 19.7 Å². The SMILES string of the molecule is CC(C)OCC(N)c1noc(C2CCC(C)O2)n1. The Labute approximate surface area is 107 Å². The zero-order chi connectivity index (χ0) is 13.1. The molecular weight excluding hydrogens is 234 g/mol. The van der Waals surface area contributed by atoms with Gasteiger partial charge in [0, 0.05) is 0 Å². The number of nitrogens with zero attached hydrogens (tertiary/aromatic N) is 2. The van der Waals surface area contributed by atoms with E-state index in [2.05, 4.69) is 10.1 Å². The van der Waals surface area contributed by atoms with E-state index >= 15 is 0 Å². The third-order valence-corrected chi connectivity index (χ3v) is 2.91. The largest absolute Gasteiger partial charge is 0.377 e. The summed E-state index contributed by atoms with van der Waals surface area (Å²) in [7, 11) is 0. The fraction of sp³-hybridized carbons (Fsp3) is 0.833. The molecule has 3 unspecified atom stereocenters. The van der Waals surface area contributed by atoms with Crippen LogP contribution >= 0.6 is 0 Å². The minimum atomic E-state index is -0.358. The Kier molecular flexibility index (Phi) is 4.31. The van der Waals surface area contributed by atoms with Crippen LogP contribution in [0.4, 0.5) is 0 Å². The number of aromatic nitrogens is 2. The molecule has 2 heterocycles. The average molecular weight is 255 g/mol. The van der Waals surface area contributed by atoms with Gasteiger partial charge in [-0.2, -0.15) is 4.98 Å². The van der Waals surface area contributed by atoms with E-state index in [1.807, 2.05) is 20.8 Å². The average Bonchev–Trinajstić information content (AvgIpc) is 2.93. The van der Waals surface area contributed by atoms with E-state index < -0.39 is 0 Å². The van der Waals surface area contributed by atoms with Gasteiger partial charge in [-0.1, -0.05) is 5.16 Å². The molecule has 1 aliphatic rings. The molecule has 0 bridgehead atoms. The van der Waals surface area contributed by atoms with Gasteiger partial charge in [0.15, 0.2) is 5.82 Å². The number of hydrogen-bond acceptors (Lipinski definition) is 6. The van der Waals surface area contributed by atoms with Crippen molar-refractivity contribution < 1.29 is 14.0 Å². The predicted molar refractivity (Wildman–Crippen MR) is 64.8 cm³/mol. The topological polar surface area (TPSA) is 83.4 Å². The van der Waals surface area contributed by atoms with Gasteiger partial charge in [-0.25, -0.2) is 0 Å². The molecule has 3 atom stereocenters. The second-order valence-electron chi connectivity index (χ2n) is 4.99. The molecule has 1 aromatic heterocycles. The Morgan fingerprint density at radius 2 is 2.22 bits per heavy atom. The minimum absolute atomic E-state index is 0.0838. The molecule has 6 heteroatoms. The second-order valence-corrected chi connectivity index (χ2v) is 4.99. The number of nitrogens with two attached hydrogens (primary N) is 1. The van der Waals surface area contributed by atoms with Gasteiger partial charge in [-0.15, -0.1) is 0 Å². The summed E-state index contributed by atoms with van der Waals surface area (Å²) in [6.45, 7) is 6.35. The van der Waals surface area contributed by atoms with E-state index in [1.165, 1.54) is 0 Å². The van der Waals surface area contributed by atoms with Crippen molar-refractivity contribution in [3.05, 3.63) is 11.7 Å². The molecule has 1 aromatic rings. The Balaban J connectivity index is 1.93. The van der Waals surface area contributed by atoms with Gasteiger partial charge >= 0.3 is 0 Å². The lowest BCUT2D eigenvalue weighted by Gasteiger charge is -2.10. The first-order valence-electron chi connectivity index (χ1n) is 6.42. The van der Waals surface area contributed by atoms with E-state index in [1.54, 1.807) is 0 Å². The molecule has 0 spiro atoms. The third-order valence-electron chi connectivity index (χ3n) is 2.91. The van der Waals surface area contributed by atoms with Crippen LogP contribution < -0.4 is 5.73 Å².